The number of carbonyl (C=O) groups is 1. The van der Waals surface area contributed by atoms with E-state index >= 15 is 0 Å². The van der Waals surface area contributed by atoms with E-state index in [1.807, 2.05) is 0 Å². The third kappa shape index (κ3) is 2.00. The highest BCUT2D eigenvalue weighted by Crippen LogP contribution is 2.38. The molecule has 1 aromatic carbocycles. The second kappa shape index (κ2) is 4.34. The lowest BCUT2D eigenvalue weighted by molar-refractivity contribution is -0.167. The molecule has 1 aliphatic rings. The van der Waals surface area contributed by atoms with Crippen molar-refractivity contribution in [3.63, 3.8) is 0 Å². The molecular weight excluding hydrogens is 228 g/mol. The van der Waals surface area contributed by atoms with Gasteiger partial charge in [0.25, 0.3) is 0 Å². The van der Waals surface area contributed by atoms with E-state index in [1.54, 1.807) is 24.3 Å². The van der Waals surface area contributed by atoms with Crippen LogP contribution < -0.4 is 4.74 Å². The Kier molecular flexibility index (Phi) is 3.06. The second-order valence-corrected chi connectivity index (χ2v) is 4.34. The standard InChI is InChI=1S/C12H13ClO3/c1-15-11(14)12(6-3-7-12)16-10-5-2-4-9(13)8-10/h2,4-5,8H,3,6-7H2,1H3. The molecular formula is C12H13ClO3. The first-order valence-electron chi connectivity index (χ1n) is 5.19. The Morgan fingerprint density at radius 1 is 1.44 bits per heavy atom. The van der Waals surface area contributed by atoms with Crippen molar-refractivity contribution >= 4 is 17.6 Å². The Balaban J connectivity index is 2.16. The minimum atomic E-state index is -0.792. The molecule has 0 spiro atoms. The number of methoxy groups -OCH3 is 1. The number of hydrogen-bond donors (Lipinski definition) is 0. The molecule has 0 unspecified atom stereocenters. The lowest BCUT2D eigenvalue weighted by atomic mass is 9.80. The summed E-state index contributed by atoms with van der Waals surface area (Å²) in [5, 5.41) is 0.594. The lowest BCUT2D eigenvalue weighted by Crippen LogP contribution is -2.51. The van der Waals surface area contributed by atoms with Gasteiger partial charge in [-0.05, 0) is 37.5 Å². The van der Waals surface area contributed by atoms with Gasteiger partial charge < -0.3 is 9.47 Å². The van der Waals surface area contributed by atoms with Crippen LogP contribution >= 0.6 is 11.6 Å². The molecule has 0 heterocycles. The van der Waals surface area contributed by atoms with Crippen LogP contribution in [0, 0.1) is 0 Å². The molecule has 0 saturated heterocycles. The molecule has 0 radical (unpaired) electrons. The minimum absolute atomic E-state index is 0.307. The van der Waals surface area contributed by atoms with Gasteiger partial charge in [0.2, 0.25) is 5.60 Å². The Morgan fingerprint density at radius 3 is 2.69 bits per heavy atom. The van der Waals surface area contributed by atoms with E-state index in [4.69, 9.17) is 21.1 Å². The van der Waals surface area contributed by atoms with Crippen molar-refractivity contribution in [2.75, 3.05) is 7.11 Å². The molecule has 0 N–H and O–H groups in total. The van der Waals surface area contributed by atoms with Gasteiger partial charge in [-0.25, -0.2) is 4.79 Å². The fraction of sp³-hybridized carbons (Fsp3) is 0.417. The summed E-state index contributed by atoms with van der Waals surface area (Å²) in [6.45, 7) is 0. The smallest absolute Gasteiger partial charge is 0.350 e. The summed E-state index contributed by atoms with van der Waals surface area (Å²) >= 11 is 5.85. The number of halogens is 1. The molecule has 1 saturated carbocycles. The molecule has 4 heteroatoms. The molecule has 1 fully saturated rings. The van der Waals surface area contributed by atoms with Crippen molar-refractivity contribution in [2.45, 2.75) is 24.9 Å². The van der Waals surface area contributed by atoms with E-state index in [0.29, 0.717) is 23.6 Å². The molecule has 1 aliphatic carbocycles. The quantitative estimate of drug-likeness (QED) is 0.763. The fourth-order valence-corrected chi connectivity index (χ4v) is 1.97. The van der Waals surface area contributed by atoms with Crippen LogP contribution in [0.15, 0.2) is 24.3 Å². The minimum Gasteiger partial charge on any atom is -0.476 e. The summed E-state index contributed by atoms with van der Waals surface area (Å²) in [6.07, 6.45) is 2.38. The van der Waals surface area contributed by atoms with Crippen LogP contribution in [0.25, 0.3) is 0 Å². The van der Waals surface area contributed by atoms with E-state index in [9.17, 15) is 4.79 Å². The van der Waals surface area contributed by atoms with Crippen molar-refractivity contribution in [3.8, 4) is 5.75 Å². The van der Waals surface area contributed by atoms with Crippen LogP contribution in [0.3, 0.4) is 0 Å². The molecule has 0 amide bonds. The summed E-state index contributed by atoms with van der Waals surface area (Å²) < 4.78 is 10.5. The van der Waals surface area contributed by atoms with Crippen molar-refractivity contribution in [1.29, 1.82) is 0 Å². The van der Waals surface area contributed by atoms with Gasteiger partial charge in [-0.1, -0.05) is 17.7 Å². The predicted octanol–water partition coefficient (Wildman–Crippen LogP) is 2.81. The summed E-state index contributed by atoms with van der Waals surface area (Å²) in [6, 6.07) is 7.04. The first-order valence-corrected chi connectivity index (χ1v) is 5.57. The van der Waals surface area contributed by atoms with Gasteiger partial charge in [0.15, 0.2) is 0 Å². The molecule has 1 aromatic rings. The van der Waals surface area contributed by atoms with Crippen molar-refractivity contribution < 1.29 is 14.3 Å². The molecule has 0 aliphatic heterocycles. The molecule has 2 rings (SSSR count). The van der Waals surface area contributed by atoms with Crippen molar-refractivity contribution in [2.24, 2.45) is 0 Å². The number of esters is 1. The van der Waals surface area contributed by atoms with Crippen LogP contribution in [0.4, 0.5) is 0 Å². The van der Waals surface area contributed by atoms with Crippen molar-refractivity contribution in [1.82, 2.24) is 0 Å². The topological polar surface area (TPSA) is 35.5 Å². The highest BCUT2D eigenvalue weighted by atomic mass is 35.5. The lowest BCUT2D eigenvalue weighted by Gasteiger charge is -2.38. The molecule has 0 atom stereocenters. The Hall–Kier alpha value is -1.22. The normalized spacial score (nSPS) is 17.4. The van der Waals surface area contributed by atoms with Crippen LogP contribution in [-0.4, -0.2) is 18.7 Å². The Labute approximate surface area is 99.3 Å². The highest BCUT2D eigenvalue weighted by molar-refractivity contribution is 6.30. The van der Waals surface area contributed by atoms with Gasteiger partial charge >= 0.3 is 5.97 Å². The largest absolute Gasteiger partial charge is 0.476 e. The molecule has 0 bridgehead atoms. The summed E-state index contributed by atoms with van der Waals surface area (Å²) in [5.41, 5.74) is -0.792. The summed E-state index contributed by atoms with van der Waals surface area (Å²) in [5.74, 6) is 0.302. The van der Waals surface area contributed by atoms with Gasteiger partial charge in [-0.15, -0.1) is 0 Å². The van der Waals surface area contributed by atoms with Crippen LogP contribution in [-0.2, 0) is 9.53 Å². The van der Waals surface area contributed by atoms with Gasteiger partial charge in [-0.3, -0.25) is 0 Å². The van der Waals surface area contributed by atoms with Gasteiger partial charge in [0, 0.05) is 5.02 Å². The first-order chi connectivity index (χ1) is 7.66. The average Bonchev–Trinajstić information content (AvgIpc) is 2.22. The summed E-state index contributed by atoms with van der Waals surface area (Å²) in [4.78, 5) is 11.6. The maximum absolute atomic E-state index is 11.6. The van der Waals surface area contributed by atoms with Gasteiger partial charge in [-0.2, -0.15) is 0 Å². The zero-order chi connectivity index (χ0) is 11.6. The van der Waals surface area contributed by atoms with Crippen LogP contribution in [0.1, 0.15) is 19.3 Å². The highest BCUT2D eigenvalue weighted by Gasteiger charge is 2.48. The van der Waals surface area contributed by atoms with Gasteiger partial charge in [0.05, 0.1) is 7.11 Å². The Bertz CT molecular complexity index is 399. The van der Waals surface area contributed by atoms with Crippen molar-refractivity contribution in [3.05, 3.63) is 29.3 Å². The fourth-order valence-electron chi connectivity index (χ4n) is 1.79. The predicted molar refractivity (Wildman–Crippen MR) is 60.7 cm³/mol. The van der Waals surface area contributed by atoms with E-state index in [1.165, 1.54) is 7.11 Å². The average molecular weight is 241 g/mol. The van der Waals surface area contributed by atoms with Crippen LogP contribution in [0.5, 0.6) is 5.75 Å². The van der Waals surface area contributed by atoms with E-state index in [0.717, 1.165) is 6.42 Å². The molecule has 0 aromatic heterocycles. The molecule has 86 valence electrons. The Morgan fingerprint density at radius 2 is 2.19 bits per heavy atom. The molecule has 16 heavy (non-hydrogen) atoms. The number of carbonyl (C=O) groups excluding carboxylic acids is 1. The first kappa shape index (κ1) is 11.3. The SMILES string of the molecule is COC(=O)C1(Oc2cccc(Cl)c2)CCC1. The number of benzene rings is 1. The van der Waals surface area contributed by atoms with E-state index in [2.05, 4.69) is 0 Å². The number of ether oxygens (including phenoxy) is 2. The summed E-state index contributed by atoms with van der Waals surface area (Å²) in [7, 11) is 1.38. The van der Waals surface area contributed by atoms with E-state index in [-0.39, 0.29) is 5.97 Å². The number of hydrogen-bond acceptors (Lipinski definition) is 3. The third-order valence-corrected chi connectivity index (χ3v) is 3.06. The van der Waals surface area contributed by atoms with E-state index < -0.39 is 5.60 Å². The zero-order valence-corrected chi connectivity index (χ0v) is 9.79. The number of rotatable bonds is 3. The van der Waals surface area contributed by atoms with Crippen LogP contribution in [0.2, 0.25) is 5.02 Å². The zero-order valence-electron chi connectivity index (χ0n) is 9.03. The maximum Gasteiger partial charge on any atom is 0.350 e. The maximum atomic E-state index is 11.6. The second-order valence-electron chi connectivity index (χ2n) is 3.90. The van der Waals surface area contributed by atoms with Gasteiger partial charge in [0.1, 0.15) is 5.75 Å². The molecule has 3 nitrogen and oxygen atoms in total. The monoisotopic (exact) mass is 240 g/mol. The third-order valence-electron chi connectivity index (χ3n) is 2.83.